The standard InChI is InChI=1S/C2H6O3P.Zr/c1-4-6(3)5-2;/h1-2H3;/q+1;. The maximum atomic E-state index is 9.88. The molecule has 0 fully saturated rings. The minimum absolute atomic E-state index is 0. The third-order valence-electron chi connectivity index (χ3n) is 0.298. The summed E-state index contributed by atoms with van der Waals surface area (Å²) in [6.45, 7) is 0. The van der Waals surface area contributed by atoms with Gasteiger partial charge < -0.3 is 0 Å². The molecule has 0 saturated heterocycles. The predicted octanol–water partition coefficient (Wildman–Crippen LogP) is 0.934. The molecule has 0 aromatic carbocycles. The van der Waals surface area contributed by atoms with Crippen LogP contribution in [0.4, 0.5) is 0 Å². The summed E-state index contributed by atoms with van der Waals surface area (Å²) in [5.41, 5.74) is 0. The maximum Gasteiger partial charge on any atom is 0.696 e. The van der Waals surface area contributed by atoms with Crippen LogP contribution in [0.25, 0.3) is 0 Å². The molecule has 0 aliphatic carbocycles. The van der Waals surface area contributed by atoms with Gasteiger partial charge in [-0.3, -0.25) is 0 Å². The Hall–Kier alpha value is 0.903. The van der Waals surface area contributed by atoms with Crippen molar-refractivity contribution in [2.24, 2.45) is 0 Å². The van der Waals surface area contributed by atoms with Crippen LogP contribution < -0.4 is 0 Å². The van der Waals surface area contributed by atoms with E-state index in [0.29, 0.717) is 0 Å². The van der Waals surface area contributed by atoms with E-state index in [0.717, 1.165) is 0 Å². The van der Waals surface area contributed by atoms with Crippen molar-refractivity contribution in [2.75, 3.05) is 14.2 Å². The zero-order valence-corrected chi connectivity index (χ0v) is 7.52. The van der Waals surface area contributed by atoms with Crippen molar-refractivity contribution in [3.05, 3.63) is 0 Å². The summed E-state index contributed by atoms with van der Waals surface area (Å²) in [6.07, 6.45) is 0. The van der Waals surface area contributed by atoms with E-state index in [9.17, 15) is 4.57 Å². The van der Waals surface area contributed by atoms with Gasteiger partial charge in [-0.15, -0.1) is 9.05 Å². The fourth-order valence-electron chi connectivity index (χ4n) is 0.0745. The Kier molecular flexibility index (Phi) is 10.7. The fourth-order valence-corrected chi connectivity index (χ4v) is 0.224. The van der Waals surface area contributed by atoms with E-state index in [1.807, 2.05) is 0 Å². The van der Waals surface area contributed by atoms with Crippen LogP contribution in [-0.4, -0.2) is 14.2 Å². The number of hydrogen-bond acceptors (Lipinski definition) is 3. The zero-order chi connectivity index (χ0) is 4.99. The summed E-state index contributed by atoms with van der Waals surface area (Å²) in [6, 6.07) is 0. The summed E-state index contributed by atoms with van der Waals surface area (Å²) >= 11 is 0. The van der Waals surface area contributed by atoms with Crippen molar-refractivity contribution in [3.8, 4) is 0 Å². The van der Waals surface area contributed by atoms with Gasteiger partial charge in [-0.2, -0.15) is 0 Å². The van der Waals surface area contributed by atoms with Crippen LogP contribution in [0.3, 0.4) is 0 Å². The summed E-state index contributed by atoms with van der Waals surface area (Å²) in [5, 5.41) is 0. The van der Waals surface area contributed by atoms with Gasteiger partial charge in [-0.05, 0) is 0 Å². The molecule has 0 aliphatic heterocycles. The Labute approximate surface area is 62.5 Å². The Morgan fingerprint density at radius 2 is 1.57 bits per heavy atom. The average molecular weight is 200 g/mol. The molecule has 0 N–H and O–H groups in total. The first-order valence-corrected chi connectivity index (χ1v) is 2.46. The molecule has 0 rings (SSSR count). The Morgan fingerprint density at radius 1 is 1.29 bits per heavy atom. The molecule has 0 aromatic heterocycles. The molecule has 7 heavy (non-hydrogen) atoms. The molecule has 0 amide bonds. The van der Waals surface area contributed by atoms with Gasteiger partial charge in [-0.25, -0.2) is 0 Å². The van der Waals surface area contributed by atoms with E-state index in [2.05, 4.69) is 9.05 Å². The summed E-state index contributed by atoms with van der Waals surface area (Å²) in [4.78, 5) is 0. The third kappa shape index (κ3) is 6.90. The summed E-state index contributed by atoms with van der Waals surface area (Å²) in [7, 11) is 0.817. The zero-order valence-electron chi connectivity index (χ0n) is 4.17. The van der Waals surface area contributed by atoms with Crippen LogP contribution in [-0.2, 0) is 39.8 Å². The van der Waals surface area contributed by atoms with Crippen molar-refractivity contribution in [3.63, 3.8) is 0 Å². The molecule has 5 heteroatoms. The molecule has 40 valence electrons. The van der Waals surface area contributed by atoms with Crippen LogP contribution in [0.1, 0.15) is 0 Å². The molecule has 3 nitrogen and oxygen atoms in total. The summed E-state index contributed by atoms with van der Waals surface area (Å²) in [5.74, 6) is 0. The minimum Gasteiger partial charge on any atom is -0.122 e. The van der Waals surface area contributed by atoms with Crippen LogP contribution in [0.15, 0.2) is 0 Å². The molecule has 0 aromatic rings. The van der Waals surface area contributed by atoms with Crippen LogP contribution in [0, 0.1) is 0 Å². The van der Waals surface area contributed by atoms with Crippen molar-refractivity contribution in [2.45, 2.75) is 0 Å². The minimum atomic E-state index is -1.83. The average Bonchev–Trinajstić information content (AvgIpc) is 1.65. The second-order valence-corrected chi connectivity index (χ2v) is 1.77. The Morgan fingerprint density at radius 3 is 1.57 bits per heavy atom. The van der Waals surface area contributed by atoms with Gasteiger partial charge >= 0.3 is 8.25 Å². The molecule has 0 radical (unpaired) electrons. The van der Waals surface area contributed by atoms with Crippen LogP contribution in [0.5, 0.6) is 0 Å². The first kappa shape index (κ1) is 10.8. The van der Waals surface area contributed by atoms with Gasteiger partial charge in [0.15, 0.2) is 0 Å². The molecule has 0 atom stereocenters. The van der Waals surface area contributed by atoms with Gasteiger partial charge in [0.25, 0.3) is 0 Å². The van der Waals surface area contributed by atoms with Gasteiger partial charge in [0.2, 0.25) is 0 Å². The monoisotopic (exact) mass is 199 g/mol. The second kappa shape index (κ2) is 6.90. The number of hydrogen-bond donors (Lipinski definition) is 0. The van der Waals surface area contributed by atoms with E-state index in [1.54, 1.807) is 0 Å². The topological polar surface area (TPSA) is 35.5 Å². The number of rotatable bonds is 2. The molecule has 0 heterocycles. The van der Waals surface area contributed by atoms with E-state index >= 15 is 0 Å². The van der Waals surface area contributed by atoms with E-state index in [4.69, 9.17) is 0 Å². The normalized spacial score (nSPS) is 7.14. The molecule has 0 spiro atoms. The molecule has 0 unspecified atom stereocenters. The van der Waals surface area contributed by atoms with Gasteiger partial charge in [-0.1, -0.05) is 0 Å². The van der Waals surface area contributed by atoms with Gasteiger partial charge in [0, 0.05) is 30.8 Å². The molecule has 0 bridgehead atoms. The van der Waals surface area contributed by atoms with E-state index in [-0.39, 0.29) is 26.2 Å². The molecular formula is C2H6O3PZr+. The summed E-state index contributed by atoms with van der Waals surface area (Å²) < 4.78 is 18.3. The quantitative estimate of drug-likeness (QED) is 0.622. The molecule has 0 saturated carbocycles. The smallest absolute Gasteiger partial charge is 0.122 e. The predicted molar refractivity (Wildman–Crippen MR) is 21.6 cm³/mol. The van der Waals surface area contributed by atoms with Crippen molar-refractivity contribution in [1.82, 2.24) is 0 Å². The fraction of sp³-hybridized carbons (Fsp3) is 1.00. The largest absolute Gasteiger partial charge is 0.696 e. The first-order valence-electron chi connectivity index (χ1n) is 1.36. The van der Waals surface area contributed by atoms with E-state index < -0.39 is 8.25 Å². The van der Waals surface area contributed by atoms with Crippen molar-refractivity contribution >= 4 is 8.25 Å². The van der Waals surface area contributed by atoms with Crippen LogP contribution >= 0.6 is 8.25 Å². The second-order valence-electron chi connectivity index (χ2n) is 0.589. The van der Waals surface area contributed by atoms with Crippen LogP contribution in [0.2, 0.25) is 0 Å². The Bertz CT molecular complexity index is 50.9. The van der Waals surface area contributed by atoms with Gasteiger partial charge in [0.05, 0.1) is 14.2 Å². The van der Waals surface area contributed by atoms with Crippen molar-refractivity contribution < 1.29 is 39.8 Å². The molecule has 0 aliphatic rings. The van der Waals surface area contributed by atoms with E-state index in [1.165, 1.54) is 14.2 Å². The van der Waals surface area contributed by atoms with Gasteiger partial charge in [0.1, 0.15) is 0 Å². The molecular weight excluding hydrogens is 194 g/mol. The van der Waals surface area contributed by atoms with Crippen molar-refractivity contribution in [1.29, 1.82) is 0 Å². The third-order valence-corrected chi connectivity index (χ3v) is 0.894. The first-order chi connectivity index (χ1) is 2.81. The SMILES string of the molecule is CO[P+](=O)OC.[Zr]. The maximum absolute atomic E-state index is 9.88. The Balaban J connectivity index is 0.